The van der Waals surface area contributed by atoms with Crippen molar-refractivity contribution in [2.45, 2.75) is 56.3 Å². The molecule has 1 amide bonds. The van der Waals surface area contributed by atoms with Crippen molar-refractivity contribution in [2.24, 2.45) is 17.8 Å². The first kappa shape index (κ1) is 20.4. The van der Waals surface area contributed by atoms with Gasteiger partial charge in [-0.25, -0.2) is 4.98 Å². The molecule has 34 heavy (non-hydrogen) atoms. The lowest BCUT2D eigenvalue weighted by Crippen LogP contribution is -2.59. The van der Waals surface area contributed by atoms with Crippen molar-refractivity contribution >= 4 is 22.6 Å². The Morgan fingerprint density at radius 2 is 2.09 bits per heavy atom. The fourth-order valence-corrected chi connectivity index (χ4v) is 7.20. The second kappa shape index (κ2) is 7.26. The highest BCUT2D eigenvalue weighted by Gasteiger charge is 2.54. The number of H-pyrrole nitrogens is 1. The molecule has 4 N–H and O–H groups in total. The minimum Gasteiger partial charge on any atom is -0.391 e. The summed E-state index contributed by atoms with van der Waals surface area (Å²) in [5.74, 6) is 1.36. The predicted octanol–water partition coefficient (Wildman–Crippen LogP) is 2.17. The number of aliphatic hydroxyl groups excluding tert-OH is 1. The fourth-order valence-electron chi connectivity index (χ4n) is 7.20. The molecule has 3 unspecified atom stereocenters. The molecular formula is C24H28N6O4. The Bertz CT molecular complexity index is 1250. The lowest BCUT2D eigenvalue weighted by Gasteiger charge is -2.58. The highest BCUT2D eigenvalue weighted by atomic mass is 16.5. The van der Waals surface area contributed by atoms with Gasteiger partial charge in [0.25, 0.3) is 17.6 Å². The molecule has 10 heteroatoms. The van der Waals surface area contributed by atoms with Crippen molar-refractivity contribution in [3.05, 3.63) is 24.3 Å². The van der Waals surface area contributed by atoms with Crippen LogP contribution >= 0.6 is 0 Å². The van der Waals surface area contributed by atoms with Crippen molar-refractivity contribution in [1.82, 2.24) is 25.0 Å². The quantitative estimate of drug-likeness (QED) is 0.461. The van der Waals surface area contributed by atoms with Gasteiger partial charge in [0, 0.05) is 36.9 Å². The molecular weight excluding hydrogens is 436 g/mol. The molecule has 4 heterocycles. The van der Waals surface area contributed by atoms with Gasteiger partial charge in [-0.2, -0.15) is 4.98 Å². The molecule has 0 radical (unpaired) electrons. The van der Waals surface area contributed by atoms with Crippen molar-refractivity contribution in [1.29, 1.82) is 0 Å². The van der Waals surface area contributed by atoms with E-state index in [9.17, 15) is 15.0 Å². The van der Waals surface area contributed by atoms with E-state index in [1.54, 1.807) is 11.1 Å². The van der Waals surface area contributed by atoms with Crippen LogP contribution in [-0.2, 0) is 0 Å². The molecule has 1 saturated heterocycles. The number of likely N-dealkylation sites (tertiary alicyclic amines) is 1. The van der Waals surface area contributed by atoms with Crippen LogP contribution in [-0.4, -0.2) is 72.0 Å². The standard InChI is InChI=1S/C24H28N6O4/c31-15-2-4-30(11-15)23(32)21-28-22(34-29-21)17-10-26-20-16(1-3-25-20)19(17)27-18-13-5-12-6-14(18)9-24(33,7-12)8-13/h1,3,10,12-15,18,31,33H,2,4-9,11H2,(H2,25,26,27). The van der Waals surface area contributed by atoms with Gasteiger partial charge >= 0.3 is 0 Å². The zero-order valence-corrected chi connectivity index (χ0v) is 18.8. The second-order valence-electron chi connectivity index (χ2n) is 10.8. The molecule has 10 nitrogen and oxygen atoms in total. The smallest absolute Gasteiger partial charge is 0.295 e. The maximum Gasteiger partial charge on any atom is 0.295 e. The number of β-amino-alcohol motifs (C(OH)–C–C–N with tert-alkyl or cyclic N) is 1. The summed E-state index contributed by atoms with van der Waals surface area (Å²) < 4.78 is 5.55. The van der Waals surface area contributed by atoms with Crippen molar-refractivity contribution < 1.29 is 19.5 Å². The molecule has 5 aliphatic rings. The SMILES string of the molecule is O=C(c1noc(-c2cnc3[nH]ccc3c2NC2C3CC4CC2CC(O)(C4)C3)n1)N1CCC(O)C1. The van der Waals surface area contributed by atoms with E-state index in [1.807, 2.05) is 12.3 Å². The number of pyridine rings is 1. The monoisotopic (exact) mass is 464 g/mol. The Morgan fingerprint density at radius 3 is 2.82 bits per heavy atom. The third-order valence-corrected chi connectivity index (χ3v) is 8.44. The van der Waals surface area contributed by atoms with Gasteiger partial charge in [-0.05, 0) is 62.3 Å². The van der Waals surface area contributed by atoms with E-state index in [2.05, 4.69) is 25.4 Å². The van der Waals surface area contributed by atoms with Crippen LogP contribution in [0.4, 0.5) is 5.69 Å². The molecule has 178 valence electrons. The summed E-state index contributed by atoms with van der Waals surface area (Å²) in [6.45, 7) is 0.759. The topological polar surface area (TPSA) is 140 Å². The van der Waals surface area contributed by atoms with E-state index in [-0.39, 0.29) is 30.2 Å². The highest BCUT2D eigenvalue weighted by Crippen LogP contribution is 2.56. The van der Waals surface area contributed by atoms with Crippen molar-refractivity contribution in [3.63, 3.8) is 0 Å². The maximum absolute atomic E-state index is 12.8. The molecule has 4 aliphatic carbocycles. The molecule has 5 fully saturated rings. The Labute approximate surface area is 195 Å². The van der Waals surface area contributed by atoms with Gasteiger partial charge in [0.1, 0.15) is 5.65 Å². The summed E-state index contributed by atoms with van der Waals surface area (Å²) in [7, 11) is 0. The minimum atomic E-state index is -0.509. The number of hydrogen-bond donors (Lipinski definition) is 4. The lowest BCUT2D eigenvalue weighted by molar-refractivity contribution is -0.129. The summed E-state index contributed by atoms with van der Waals surface area (Å²) in [6, 6.07) is 2.23. The van der Waals surface area contributed by atoms with Crippen LogP contribution in [0.5, 0.6) is 0 Å². The number of carbonyl (C=O) groups is 1. The third kappa shape index (κ3) is 3.15. The lowest BCUT2D eigenvalue weighted by atomic mass is 9.52. The average molecular weight is 465 g/mol. The number of aliphatic hydroxyl groups is 2. The van der Waals surface area contributed by atoms with E-state index >= 15 is 0 Å². The molecule has 3 aromatic rings. The first-order valence-electron chi connectivity index (χ1n) is 12.2. The first-order chi connectivity index (χ1) is 16.5. The number of aromatic amines is 1. The van der Waals surface area contributed by atoms with Crippen LogP contribution in [0.3, 0.4) is 0 Å². The van der Waals surface area contributed by atoms with Crippen LogP contribution < -0.4 is 5.32 Å². The normalized spacial score (nSPS) is 34.3. The summed E-state index contributed by atoms with van der Waals surface area (Å²) in [6.07, 6.45) is 8.53. The number of aromatic nitrogens is 4. The number of amides is 1. The largest absolute Gasteiger partial charge is 0.391 e. The Hall–Kier alpha value is -2.98. The molecule has 3 aromatic heterocycles. The van der Waals surface area contributed by atoms with E-state index in [0.717, 1.165) is 48.8 Å². The van der Waals surface area contributed by atoms with E-state index in [4.69, 9.17) is 4.52 Å². The molecule has 4 bridgehead atoms. The molecule has 0 spiro atoms. The molecule has 8 rings (SSSR count). The highest BCUT2D eigenvalue weighted by molar-refractivity contribution is 5.97. The predicted molar refractivity (Wildman–Crippen MR) is 122 cm³/mol. The summed E-state index contributed by atoms with van der Waals surface area (Å²) >= 11 is 0. The molecule has 3 atom stereocenters. The van der Waals surface area contributed by atoms with Gasteiger partial charge in [0.2, 0.25) is 0 Å². The summed E-state index contributed by atoms with van der Waals surface area (Å²) in [5, 5.41) is 29.4. The number of nitrogens with one attached hydrogen (secondary N) is 2. The van der Waals surface area contributed by atoms with Crippen molar-refractivity contribution in [2.75, 3.05) is 18.4 Å². The number of rotatable bonds is 4. The van der Waals surface area contributed by atoms with Crippen LogP contribution in [0.25, 0.3) is 22.5 Å². The van der Waals surface area contributed by atoms with Gasteiger partial charge in [0.15, 0.2) is 0 Å². The summed E-state index contributed by atoms with van der Waals surface area (Å²) in [4.78, 5) is 26.4. The van der Waals surface area contributed by atoms with Gasteiger partial charge in [0.05, 0.1) is 23.0 Å². The van der Waals surface area contributed by atoms with Crippen LogP contribution in [0.1, 0.15) is 49.1 Å². The molecule has 4 saturated carbocycles. The van der Waals surface area contributed by atoms with Gasteiger partial charge in [-0.15, -0.1) is 0 Å². The molecule has 1 aliphatic heterocycles. The maximum atomic E-state index is 12.8. The number of anilines is 1. The van der Waals surface area contributed by atoms with E-state index in [0.29, 0.717) is 36.3 Å². The zero-order chi connectivity index (χ0) is 23.0. The van der Waals surface area contributed by atoms with E-state index < -0.39 is 11.7 Å². The second-order valence-corrected chi connectivity index (χ2v) is 10.8. The Kier molecular flexibility index (Phi) is 4.35. The summed E-state index contributed by atoms with van der Waals surface area (Å²) in [5.41, 5.74) is 1.79. The van der Waals surface area contributed by atoms with Crippen LogP contribution in [0.2, 0.25) is 0 Å². The number of carbonyl (C=O) groups excluding carboxylic acids is 1. The van der Waals surface area contributed by atoms with Gasteiger partial charge in [-0.1, -0.05) is 5.16 Å². The zero-order valence-electron chi connectivity index (χ0n) is 18.8. The first-order valence-corrected chi connectivity index (χ1v) is 12.2. The van der Waals surface area contributed by atoms with E-state index in [1.165, 1.54) is 0 Å². The van der Waals surface area contributed by atoms with Gasteiger partial charge < -0.3 is 29.9 Å². The Balaban J connectivity index is 1.23. The Morgan fingerprint density at radius 1 is 1.26 bits per heavy atom. The average Bonchev–Trinajstić information content (AvgIpc) is 3.55. The van der Waals surface area contributed by atoms with Crippen LogP contribution in [0.15, 0.2) is 23.0 Å². The van der Waals surface area contributed by atoms with Crippen LogP contribution in [0, 0.1) is 17.8 Å². The number of fused-ring (bicyclic) bond motifs is 1. The fraction of sp³-hybridized carbons (Fsp3) is 0.583. The number of nitrogens with zero attached hydrogens (tertiary/aromatic N) is 4. The van der Waals surface area contributed by atoms with Crippen molar-refractivity contribution in [3.8, 4) is 11.5 Å². The third-order valence-electron chi connectivity index (χ3n) is 8.44. The van der Waals surface area contributed by atoms with Gasteiger partial charge in [-0.3, -0.25) is 4.79 Å². The minimum absolute atomic E-state index is 0.0129. The number of hydrogen-bond acceptors (Lipinski definition) is 8. The molecule has 0 aromatic carbocycles.